The first kappa shape index (κ1) is 26.7. The number of nitrogens with one attached hydrogen (secondary N) is 1. The minimum absolute atomic E-state index is 0.0767. The Morgan fingerprint density at radius 3 is 2.47 bits per heavy atom. The average molecular weight is 509 g/mol. The van der Waals surface area contributed by atoms with E-state index in [1.165, 1.54) is 7.11 Å². The second-order valence-electron chi connectivity index (χ2n) is 8.13. The molecule has 0 aliphatic heterocycles. The molecule has 0 aliphatic rings. The minimum atomic E-state index is -0.960. The Bertz CT molecular complexity index is 1200. The van der Waals surface area contributed by atoms with Gasteiger partial charge in [0.05, 0.1) is 7.11 Å². The number of rotatable bonds is 11. The lowest BCUT2D eigenvalue weighted by molar-refractivity contribution is -0.143. The van der Waals surface area contributed by atoms with E-state index in [0.717, 1.165) is 11.1 Å². The van der Waals surface area contributed by atoms with Gasteiger partial charge in [-0.1, -0.05) is 48.5 Å². The molecule has 9 heteroatoms. The van der Waals surface area contributed by atoms with E-state index in [-0.39, 0.29) is 5.69 Å². The first-order valence-corrected chi connectivity index (χ1v) is 11.8. The molecule has 0 saturated heterocycles. The van der Waals surface area contributed by atoms with Crippen LogP contribution < -0.4 is 15.0 Å². The van der Waals surface area contributed by atoms with Gasteiger partial charge in [0, 0.05) is 23.7 Å². The Balaban J connectivity index is 1.76. The highest BCUT2D eigenvalue weighted by atomic mass is 35.5. The van der Waals surface area contributed by atoms with Crippen molar-refractivity contribution in [3.05, 3.63) is 94.7 Å². The summed E-state index contributed by atoms with van der Waals surface area (Å²) >= 11 is 6.23. The normalized spacial score (nSPS) is 11.3. The van der Waals surface area contributed by atoms with Gasteiger partial charge in [0.1, 0.15) is 12.4 Å². The molecule has 1 atom stereocenters. The summed E-state index contributed by atoms with van der Waals surface area (Å²) in [5.41, 5.74) is 2.47. The van der Waals surface area contributed by atoms with E-state index >= 15 is 0 Å². The molecule has 188 valence electrons. The lowest BCUT2D eigenvalue weighted by atomic mass is 10.1. The Labute approximate surface area is 215 Å². The minimum Gasteiger partial charge on any atom is -0.489 e. The number of carbonyl (C=O) groups excluding carboxylic acids is 2. The third-order valence-electron chi connectivity index (χ3n) is 5.29. The number of amides is 1. The number of esters is 1. The van der Waals surface area contributed by atoms with Gasteiger partial charge in [-0.2, -0.15) is 0 Å². The molecule has 3 rings (SSSR count). The van der Waals surface area contributed by atoms with Gasteiger partial charge in [-0.25, -0.2) is 4.79 Å². The number of ether oxygens (including phenoxy) is 2. The van der Waals surface area contributed by atoms with Gasteiger partial charge in [0.25, 0.3) is 5.91 Å². The van der Waals surface area contributed by atoms with Crippen LogP contribution in [-0.2, 0) is 16.1 Å². The predicted molar refractivity (Wildman–Crippen MR) is 139 cm³/mol. The maximum atomic E-state index is 12.8. The lowest BCUT2D eigenvalue weighted by Crippen LogP contribution is -2.35. The molecule has 0 bridgehead atoms. The second kappa shape index (κ2) is 12.7. The third kappa shape index (κ3) is 7.05. The second-order valence-corrected chi connectivity index (χ2v) is 8.57. The molecule has 2 aromatic carbocycles. The predicted octanol–water partition coefficient (Wildman–Crippen LogP) is 4.76. The number of hydrogen-bond donors (Lipinski definition) is 1. The highest BCUT2D eigenvalue weighted by Gasteiger charge is 2.25. The van der Waals surface area contributed by atoms with Gasteiger partial charge in [-0.15, -0.1) is 10.2 Å². The molecule has 0 fully saturated rings. The van der Waals surface area contributed by atoms with Crippen LogP contribution in [0.15, 0.2) is 72.8 Å². The van der Waals surface area contributed by atoms with E-state index in [2.05, 4.69) is 22.1 Å². The van der Waals surface area contributed by atoms with Gasteiger partial charge in [0.15, 0.2) is 17.6 Å². The molecule has 3 aromatic rings. The van der Waals surface area contributed by atoms with Crippen LogP contribution in [0.2, 0.25) is 5.02 Å². The van der Waals surface area contributed by atoms with Crippen molar-refractivity contribution in [1.29, 1.82) is 0 Å². The van der Waals surface area contributed by atoms with Crippen LogP contribution >= 0.6 is 11.6 Å². The van der Waals surface area contributed by atoms with E-state index in [4.69, 9.17) is 21.1 Å². The van der Waals surface area contributed by atoms with Crippen LogP contribution in [0.4, 0.5) is 5.82 Å². The summed E-state index contributed by atoms with van der Waals surface area (Å²) in [4.78, 5) is 27.1. The molecule has 1 amide bonds. The molecule has 8 nitrogen and oxygen atoms in total. The number of anilines is 1. The number of hydrogen-bond acceptors (Lipinski definition) is 7. The zero-order valence-corrected chi connectivity index (χ0v) is 21.3. The SMILES string of the molecule is C=C(C)COc1ccc(Cl)cc1CN(CC)c1ccc(C(=O)NC(C(=O)OC)c2ccccc2)nn1. The summed E-state index contributed by atoms with van der Waals surface area (Å²) in [5.74, 6) is 0.163. The zero-order valence-electron chi connectivity index (χ0n) is 20.5. The molecule has 0 spiro atoms. The van der Waals surface area contributed by atoms with Crippen LogP contribution in [0.25, 0.3) is 0 Å². The van der Waals surface area contributed by atoms with Crippen LogP contribution in [0.1, 0.15) is 41.5 Å². The largest absolute Gasteiger partial charge is 0.489 e. The summed E-state index contributed by atoms with van der Waals surface area (Å²) in [5, 5.41) is 11.6. The Hall–Kier alpha value is -3.91. The fourth-order valence-corrected chi connectivity index (χ4v) is 3.63. The number of halogens is 1. The topological polar surface area (TPSA) is 93.7 Å². The van der Waals surface area contributed by atoms with E-state index in [1.807, 2.05) is 36.9 Å². The van der Waals surface area contributed by atoms with Crippen molar-refractivity contribution in [3.63, 3.8) is 0 Å². The van der Waals surface area contributed by atoms with E-state index < -0.39 is 17.9 Å². The van der Waals surface area contributed by atoms with Gasteiger partial charge >= 0.3 is 5.97 Å². The van der Waals surface area contributed by atoms with Crippen LogP contribution in [0.3, 0.4) is 0 Å². The summed E-state index contributed by atoms with van der Waals surface area (Å²) in [7, 11) is 1.27. The van der Waals surface area contributed by atoms with Crippen LogP contribution in [0.5, 0.6) is 5.75 Å². The average Bonchev–Trinajstić information content (AvgIpc) is 2.89. The summed E-state index contributed by atoms with van der Waals surface area (Å²) in [6.07, 6.45) is 0. The van der Waals surface area contributed by atoms with Crippen LogP contribution in [0, 0.1) is 0 Å². The van der Waals surface area contributed by atoms with Crippen molar-refractivity contribution in [3.8, 4) is 5.75 Å². The van der Waals surface area contributed by atoms with Crippen LogP contribution in [-0.4, -0.2) is 42.3 Å². The fourth-order valence-electron chi connectivity index (χ4n) is 3.44. The maximum absolute atomic E-state index is 12.8. The maximum Gasteiger partial charge on any atom is 0.333 e. The molecule has 0 radical (unpaired) electrons. The summed E-state index contributed by atoms with van der Waals surface area (Å²) in [6, 6.07) is 16.6. The van der Waals surface area contributed by atoms with E-state index in [1.54, 1.807) is 42.5 Å². The number of aromatic nitrogens is 2. The highest BCUT2D eigenvalue weighted by molar-refractivity contribution is 6.30. The van der Waals surface area contributed by atoms with E-state index in [0.29, 0.717) is 41.8 Å². The smallest absolute Gasteiger partial charge is 0.333 e. The van der Waals surface area contributed by atoms with Gasteiger partial charge in [-0.3, -0.25) is 4.79 Å². The summed E-state index contributed by atoms with van der Waals surface area (Å²) < 4.78 is 10.7. The van der Waals surface area contributed by atoms with Crippen molar-refractivity contribution in [1.82, 2.24) is 15.5 Å². The Kier molecular flexibility index (Phi) is 9.41. The van der Waals surface area contributed by atoms with Crippen molar-refractivity contribution < 1.29 is 19.1 Å². The Morgan fingerprint density at radius 2 is 1.86 bits per heavy atom. The number of carbonyl (C=O) groups is 2. The third-order valence-corrected chi connectivity index (χ3v) is 5.53. The highest BCUT2D eigenvalue weighted by Crippen LogP contribution is 2.26. The molecular formula is C27H29ClN4O4. The van der Waals surface area contributed by atoms with Crippen molar-refractivity contribution in [2.45, 2.75) is 26.4 Å². The number of methoxy groups -OCH3 is 1. The Morgan fingerprint density at radius 1 is 1.11 bits per heavy atom. The molecule has 0 aliphatic carbocycles. The van der Waals surface area contributed by atoms with E-state index in [9.17, 15) is 9.59 Å². The molecule has 0 saturated carbocycles. The van der Waals surface area contributed by atoms with Gasteiger partial charge in [-0.05, 0) is 55.3 Å². The quantitative estimate of drug-likeness (QED) is 0.295. The molecule has 1 N–H and O–H groups in total. The molecular weight excluding hydrogens is 480 g/mol. The first-order valence-electron chi connectivity index (χ1n) is 11.4. The van der Waals surface area contributed by atoms with Gasteiger partial charge in [0.2, 0.25) is 0 Å². The monoisotopic (exact) mass is 508 g/mol. The zero-order chi connectivity index (χ0) is 26.1. The van der Waals surface area contributed by atoms with Crippen molar-refractivity contribution in [2.24, 2.45) is 0 Å². The molecule has 1 unspecified atom stereocenters. The van der Waals surface area contributed by atoms with Crippen molar-refractivity contribution in [2.75, 3.05) is 25.2 Å². The number of benzene rings is 2. The number of nitrogens with zero attached hydrogens (tertiary/aromatic N) is 3. The lowest BCUT2D eigenvalue weighted by Gasteiger charge is -2.23. The van der Waals surface area contributed by atoms with Crippen molar-refractivity contribution >= 4 is 29.3 Å². The van der Waals surface area contributed by atoms with Gasteiger partial charge < -0.3 is 19.7 Å². The molecule has 1 aromatic heterocycles. The molecule has 1 heterocycles. The fraction of sp³-hybridized carbons (Fsp3) is 0.259. The molecule has 36 heavy (non-hydrogen) atoms. The summed E-state index contributed by atoms with van der Waals surface area (Å²) in [6.45, 7) is 9.27. The first-order chi connectivity index (χ1) is 17.3. The standard InChI is InChI=1S/C27H29ClN4O4/c1-5-32(16-20-15-21(28)11-13-23(20)36-17-18(2)3)24-14-12-22(30-31-24)26(33)29-25(27(34)35-4)19-9-7-6-8-10-19/h6-15,25H,2,5,16-17H2,1,3-4H3,(H,29,33).